The molecular formula is C24H21N3O2S3. The molecule has 5 nitrogen and oxygen atoms in total. The molecule has 0 bridgehead atoms. The second-order valence-corrected chi connectivity index (χ2v) is 10.6. The zero-order valence-corrected chi connectivity index (χ0v) is 20.1. The van der Waals surface area contributed by atoms with Crippen LogP contribution in [0.25, 0.3) is 9.88 Å². The Balaban J connectivity index is 1.36. The maximum atomic E-state index is 13.3. The topological polar surface area (TPSA) is 62.3 Å². The quantitative estimate of drug-likeness (QED) is 0.390. The molecule has 1 aliphatic heterocycles. The minimum absolute atomic E-state index is 0.00408. The molecule has 1 N–H and O–H groups in total. The van der Waals surface area contributed by atoms with Crippen LogP contribution in [0, 0.1) is 13.8 Å². The van der Waals surface area contributed by atoms with Crippen molar-refractivity contribution in [2.45, 2.75) is 26.8 Å². The van der Waals surface area contributed by atoms with E-state index in [1.54, 1.807) is 22.7 Å². The number of aromatic nitrogens is 1. The van der Waals surface area contributed by atoms with Crippen LogP contribution in [0.15, 0.2) is 47.2 Å². The number of hydrogen-bond donors (Lipinski definition) is 1. The van der Waals surface area contributed by atoms with Crippen molar-refractivity contribution >= 4 is 51.5 Å². The van der Waals surface area contributed by atoms with Gasteiger partial charge in [-0.3, -0.25) is 9.59 Å². The van der Waals surface area contributed by atoms with Gasteiger partial charge < -0.3 is 10.2 Å². The molecule has 8 heteroatoms. The van der Waals surface area contributed by atoms with Gasteiger partial charge >= 0.3 is 0 Å². The summed E-state index contributed by atoms with van der Waals surface area (Å²) in [5.41, 5.74) is 4.00. The van der Waals surface area contributed by atoms with E-state index in [1.165, 1.54) is 21.8 Å². The Hall–Kier alpha value is -2.81. The third-order valence-electron chi connectivity index (χ3n) is 5.64. The number of hydrogen-bond acceptors (Lipinski definition) is 6. The molecule has 2 amide bonds. The van der Waals surface area contributed by atoms with Crippen molar-refractivity contribution < 1.29 is 9.59 Å². The Morgan fingerprint density at radius 2 is 1.94 bits per heavy atom. The van der Waals surface area contributed by atoms with Gasteiger partial charge in [0.15, 0.2) is 0 Å². The average molecular weight is 480 g/mol. The van der Waals surface area contributed by atoms with E-state index in [1.807, 2.05) is 54.5 Å². The fourth-order valence-electron chi connectivity index (χ4n) is 3.89. The van der Waals surface area contributed by atoms with Crippen LogP contribution < -0.4 is 5.32 Å². The van der Waals surface area contributed by atoms with Gasteiger partial charge in [0.1, 0.15) is 9.88 Å². The minimum atomic E-state index is -0.198. The standard InChI is InChI=1S/C24H21N3O2S3/c1-14-17(24(29)27-10-8-19-16(13-27)9-12-31-19)5-3-6-18(14)26-22(28)21-15(2)25-23(32-21)20-7-4-11-30-20/h3-7,9,11-12H,8,10,13H2,1-2H3,(H,26,28). The Kier molecular flexibility index (Phi) is 5.67. The van der Waals surface area contributed by atoms with E-state index in [-0.39, 0.29) is 11.8 Å². The predicted octanol–water partition coefficient (Wildman–Crippen LogP) is 6.00. The molecule has 0 aliphatic carbocycles. The lowest BCUT2D eigenvalue weighted by atomic mass is 10.0. The number of aryl methyl sites for hydroxylation is 1. The van der Waals surface area contributed by atoms with Crippen LogP contribution in [0.4, 0.5) is 5.69 Å². The second-order valence-electron chi connectivity index (χ2n) is 7.69. The zero-order valence-electron chi connectivity index (χ0n) is 17.7. The lowest BCUT2D eigenvalue weighted by molar-refractivity contribution is 0.0735. The first-order chi connectivity index (χ1) is 15.5. The normalized spacial score (nSPS) is 13.1. The van der Waals surface area contributed by atoms with E-state index in [9.17, 15) is 9.59 Å². The van der Waals surface area contributed by atoms with Crippen LogP contribution in [0.2, 0.25) is 0 Å². The van der Waals surface area contributed by atoms with Crippen molar-refractivity contribution in [2.75, 3.05) is 11.9 Å². The fraction of sp³-hybridized carbons (Fsp3) is 0.208. The Morgan fingerprint density at radius 1 is 1.06 bits per heavy atom. The molecule has 0 radical (unpaired) electrons. The maximum Gasteiger partial charge on any atom is 0.267 e. The number of thiazole rings is 1. The lowest BCUT2D eigenvalue weighted by Gasteiger charge is -2.28. The second kappa shape index (κ2) is 8.61. The molecule has 0 spiro atoms. The van der Waals surface area contributed by atoms with Crippen LogP contribution in [0.3, 0.4) is 0 Å². The molecule has 0 fully saturated rings. The van der Waals surface area contributed by atoms with Crippen molar-refractivity contribution in [2.24, 2.45) is 0 Å². The van der Waals surface area contributed by atoms with Gasteiger partial charge in [0, 0.05) is 29.2 Å². The predicted molar refractivity (Wildman–Crippen MR) is 132 cm³/mol. The highest BCUT2D eigenvalue weighted by Gasteiger charge is 2.25. The van der Waals surface area contributed by atoms with Crippen molar-refractivity contribution in [3.8, 4) is 9.88 Å². The molecule has 1 aromatic carbocycles. The van der Waals surface area contributed by atoms with E-state index in [2.05, 4.69) is 21.7 Å². The monoisotopic (exact) mass is 479 g/mol. The number of nitrogens with zero attached hydrogens (tertiary/aromatic N) is 2. The first-order valence-corrected chi connectivity index (χ1v) is 12.9. The molecule has 4 heterocycles. The molecule has 0 saturated heterocycles. The summed E-state index contributed by atoms with van der Waals surface area (Å²) < 4.78 is 0. The fourth-order valence-corrected chi connectivity index (χ4v) is 6.53. The van der Waals surface area contributed by atoms with Crippen LogP contribution in [0.1, 0.15) is 41.7 Å². The SMILES string of the molecule is Cc1nc(-c2cccs2)sc1C(=O)Nc1cccc(C(=O)N2CCc3sccc3C2)c1C. The Bertz CT molecular complexity index is 1300. The van der Waals surface area contributed by atoms with Gasteiger partial charge in [-0.25, -0.2) is 4.98 Å². The van der Waals surface area contributed by atoms with Crippen LogP contribution in [0.5, 0.6) is 0 Å². The number of carbonyl (C=O) groups is 2. The van der Waals surface area contributed by atoms with Gasteiger partial charge in [-0.2, -0.15) is 0 Å². The van der Waals surface area contributed by atoms with E-state index in [4.69, 9.17) is 0 Å². The average Bonchev–Trinajstić information content (AvgIpc) is 3.54. The van der Waals surface area contributed by atoms with E-state index < -0.39 is 0 Å². The van der Waals surface area contributed by atoms with Crippen LogP contribution >= 0.6 is 34.0 Å². The number of thiophene rings is 2. The number of carbonyl (C=O) groups excluding carboxylic acids is 2. The van der Waals surface area contributed by atoms with Crippen molar-refractivity contribution in [3.05, 3.63) is 79.3 Å². The number of benzene rings is 1. The van der Waals surface area contributed by atoms with Gasteiger partial charge in [0.05, 0.1) is 10.6 Å². The highest BCUT2D eigenvalue weighted by molar-refractivity contribution is 7.22. The van der Waals surface area contributed by atoms with Crippen LogP contribution in [-0.4, -0.2) is 28.2 Å². The van der Waals surface area contributed by atoms with E-state index >= 15 is 0 Å². The molecule has 0 unspecified atom stereocenters. The third kappa shape index (κ3) is 3.90. The first kappa shape index (κ1) is 21.1. The smallest absolute Gasteiger partial charge is 0.267 e. The summed E-state index contributed by atoms with van der Waals surface area (Å²) in [7, 11) is 0. The zero-order chi connectivity index (χ0) is 22.2. The van der Waals surface area contributed by atoms with Gasteiger partial charge in [-0.1, -0.05) is 12.1 Å². The minimum Gasteiger partial charge on any atom is -0.334 e. The molecule has 0 saturated carbocycles. The lowest BCUT2D eigenvalue weighted by Crippen LogP contribution is -2.35. The maximum absolute atomic E-state index is 13.3. The van der Waals surface area contributed by atoms with Gasteiger partial charge in [-0.15, -0.1) is 34.0 Å². The van der Waals surface area contributed by atoms with Gasteiger partial charge in [-0.05, 0) is 66.4 Å². The summed E-state index contributed by atoms with van der Waals surface area (Å²) in [5, 5.41) is 7.94. The van der Waals surface area contributed by atoms with Crippen molar-refractivity contribution in [1.29, 1.82) is 0 Å². The molecule has 4 aromatic rings. The first-order valence-electron chi connectivity index (χ1n) is 10.3. The third-order valence-corrected chi connectivity index (χ3v) is 8.86. The highest BCUT2D eigenvalue weighted by atomic mass is 32.1. The number of fused-ring (bicyclic) bond motifs is 1. The van der Waals surface area contributed by atoms with E-state index in [0.717, 1.165) is 21.9 Å². The number of amides is 2. The number of anilines is 1. The number of rotatable bonds is 4. The Morgan fingerprint density at radius 3 is 2.75 bits per heavy atom. The summed E-state index contributed by atoms with van der Waals surface area (Å²) in [4.78, 5) is 35.8. The largest absolute Gasteiger partial charge is 0.334 e. The summed E-state index contributed by atoms with van der Waals surface area (Å²) in [6, 6.07) is 11.6. The molecule has 162 valence electrons. The summed E-state index contributed by atoms with van der Waals surface area (Å²) in [6.07, 6.45) is 0.894. The molecule has 5 rings (SSSR count). The van der Waals surface area contributed by atoms with Crippen LogP contribution in [-0.2, 0) is 13.0 Å². The van der Waals surface area contributed by atoms with Gasteiger partial charge in [0.2, 0.25) is 0 Å². The summed E-state index contributed by atoms with van der Waals surface area (Å²) in [5.74, 6) is -0.194. The highest BCUT2D eigenvalue weighted by Crippen LogP contribution is 2.32. The molecule has 3 aromatic heterocycles. The Labute approximate surface area is 198 Å². The van der Waals surface area contributed by atoms with Gasteiger partial charge in [0.25, 0.3) is 11.8 Å². The summed E-state index contributed by atoms with van der Waals surface area (Å²) >= 11 is 4.76. The summed E-state index contributed by atoms with van der Waals surface area (Å²) in [6.45, 7) is 5.09. The molecule has 1 aliphatic rings. The molecule has 32 heavy (non-hydrogen) atoms. The van der Waals surface area contributed by atoms with Crippen molar-refractivity contribution in [1.82, 2.24) is 9.88 Å². The van der Waals surface area contributed by atoms with E-state index in [0.29, 0.717) is 34.9 Å². The number of nitrogens with one attached hydrogen (secondary N) is 1. The molecule has 0 atom stereocenters. The molecular weight excluding hydrogens is 458 g/mol. The van der Waals surface area contributed by atoms with Crippen molar-refractivity contribution in [3.63, 3.8) is 0 Å².